The first-order valence-electron chi connectivity index (χ1n) is 9.90. The second kappa shape index (κ2) is 9.62. The van der Waals surface area contributed by atoms with Gasteiger partial charge in [-0.3, -0.25) is 4.79 Å². The highest BCUT2D eigenvalue weighted by atomic mass is 35.5. The minimum atomic E-state index is -3.76. The van der Waals surface area contributed by atoms with Crippen LogP contribution in [0.3, 0.4) is 0 Å². The Morgan fingerprint density at radius 2 is 1.79 bits per heavy atom. The lowest BCUT2D eigenvalue weighted by Crippen LogP contribution is -2.26. The number of hydrogen-bond acceptors (Lipinski definition) is 4. The average molecular weight is 431 g/mol. The normalized spacial score (nSPS) is 14.0. The number of unbranched alkanes of at least 4 members (excludes halogenated alkanes) is 1. The van der Waals surface area contributed by atoms with Gasteiger partial charge in [-0.1, -0.05) is 54.0 Å². The molecule has 0 heterocycles. The lowest BCUT2D eigenvalue weighted by molar-refractivity contribution is -0.111. The molecule has 160 valence electrons. The van der Waals surface area contributed by atoms with E-state index in [1.165, 1.54) is 6.92 Å². The molecule has 6 heteroatoms. The molecule has 0 bridgehead atoms. The molecular formula is C22H35ClO4S. The van der Waals surface area contributed by atoms with Gasteiger partial charge in [0.15, 0.2) is 9.84 Å². The van der Waals surface area contributed by atoms with Gasteiger partial charge in [-0.25, -0.2) is 8.42 Å². The highest BCUT2D eigenvalue weighted by Crippen LogP contribution is 2.39. The molecule has 4 nitrogen and oxygen atoms in total. The number of ether oxygens (including phenoxy) is 1. The van der Waals surface area contributed by atoms with Gasteiger partial charge in [-0.2, -0.15) is 0 Å². The maximum absolute atomic E-state index is 13.2. The van der Waals surface area contributed by atoms with Crippen LogP contribution in [0.5, 0.6) is 5.75 Å². The zero-order chi connectivity index (χ0) is 21.8. The van der Waals surface area contributed by atoms with Crippen molar-refractivity contribution in [3.8, 4) is 5.75 Å². The summed E-state index contributed by atoms with van der Waals surface area (Å²) in [7, 11) is -3.76. The molecule has 0 spiro atoms. The van der Waals surface area contributed by atoms with Crippen LogP contribution in [-0.2, 0) is 20.0 Å². The van der Waals surface area contributed by atoms with Crippen LogP contribution in [0.4, 0.5) is 0 Å². The van der Waals surface area contributed by atoms with E-state index in [4.69, 9.17) is 16.3 Å². The predicted molar refractivity (Wildman–Crippen MR) is 116 cm³/mol. The molecule has 1 aromatic rings. The van der Waals surface area contributed by atoms with Crippen molar-refractivity contribution in [2.45, 2.75) is 89.7 Å². The third kappa shape index (κ3) is 7.07. The summed E-state index contributed by atoms with van der Waals surface area (Å²) in [5, 5.41) is -1.57. The van der Waals surface area contributed by atoms with Crippen molar-refractivity contribution >= 4 is 26.7 Å². The molecule has 28 heavy (non-hydrogen) atoms. The van der Waals surface area contributed by atoms with E-state index >= 15 is 0 Å². The Morgan fingerprint density at radius 1 is 1.18 bits per heavy atom. The van der Waals surface area contributed by atoms with Crippen molar-refractivity contribution in [1.29, 1.82) is 0 Å². The molecule has 1 unspecified atom stereocenters. The van der Waals surface area contributed by atoms with Gasteiger partial charge < -0.3 is 4.74 Å². The predicted octanol–water partition coefficient (Wildman–Crippen LogP) is 5.90. The fourth-order valence-electron chi connectivity index (χ4n) is 3.58. The van der Waals surface area contributed by atoms with Gasteiger partial charge in [0.25, 0.3) is 0 Å². The van der Waals surface area contributed by atoms with Gasteiger partial charge >= 0.3 is 0 Å². The molecule has 0 N–H and O–H groups in total. The molecule has 0 amide bonds. The second-order valence-electron chi connectivity index (χ2n) is 9.40. The number of carbonyl (C=O) groups is 1. The standard InChI is InChI=1S/C22H35ClO4S/c1-8-9-12-27-18-11-10-17(22(6,7)15-21(3,4)5)14-19(18)28(25,26)16(2)13-20(23)24/h10-11,14,16H,8-9,12-13,15H2,1-7H3. The van der Waals surface area contributed by atoms with Gasteiger partial charge in [-0.15, -0.1) is 0 Å². The van der Waals surface area contributed by atoms with Crippen LogP contribution >= 0.6 is 11.6 Å². The molecule has 0 aromatic heterocycles. The summed E-state index contributed by atoms with van der Waals surface area (Å²) in [6.45, 7) is 14.8. The van der Waals surface area contributed by atoms with E-state index in [9.17, 15) is 13.2 Å². The first kappa shape index (κ1) is 25.0. The van der Waals surface area contributed by atoms with Crippen molar-refractivity contribution in [3.05, 3.63) is 23.8 Å². The van der Waals surface area contributed by atoms with Crippen molar-refractivity contribution in [2.75, 3.05) is 6.61 Å². The van der Waals surface area contributed by atoms with E-state index < -0.39 is 20.3 Å². The number of halogens is 1. The molecule has 0 fully saturated rings. The minimum absolute atomic E-state index is 0.0944. The van der Waals surface area contributed by atoms with Crippen molar-refractivity contribution in [1.82, 2.24) is 0 Å². The fraction of sp³-hybridized carbons (Fsp3) is 0.682. The Kier molecular flexibility index (Phi) is 8.58. The molecule has 1 aromatic carbocycles. The van der Waals surface area contributed by atoms with Crippen molar-refractivity contribution in [3.63, 3.8) is 0 Å². The van der Waals surface area contributed by atoms with Crippen LogP contribution in [0.15, 0.2) is 23.1 Å². The monoisotopic (exact) mass is 430 g/mol. The number of rotatable bonds is 10. The summed E-state index contributed by atoms with van der Waals surface area (Å²) in [5.41, 5.74) is 0.820. The zero-order valence-corrected chi connectivity index (χ0v) is 19.8. The number of carbonyl (C=O) groups excluding carboxylic acids is 1. The van der Waals surface area contributed by atoms with E-state index in [2.05, 4.69) is 34.6 Å². The molecule has 0 aliphatic heterocycles. The summed E-state index contributed by atoms with van der Waals surface area (Å²) in [6, 6.07) is 5.42. The summed E-state index contributed by atoms with van der Waals surface area (Å²) >= 11 is 5.45. The fourth-order valence-corrected chi connectivity index (χ4v) is 5.40. The van der Waals surface area contributed by atoms with E-state index in [-0.39, 0.29) is 22.1 Å². The lowest BCUT2D eigenvalue weighted by Gasteiger charge is -2.33. The third-order valence-electron chi connectivity index (χ3n) is 4.74. The quantitative estimate of drug-likeness (QED) is 0.342. The van der Waals surface area contributed by atoms with Crippen molar-refractivity contribution in [2.24, 2.45) is 5.41 Å². The van der Waals surface area contributed by atoms with Crippen molar-refractivity contribution < 1.29 is 17.9 Å². The largest absolute Gasteiger partial charge is 0.492 e. The number of sulfone groups is 1. The Balaban J connectivity index is 3.44. The van der Waals surface area contributed by atoms with Crippen LogP contribution in [-0.4, -0.2) is 25.5 Å². The SMILES string of the molecule is CCCCOc1ccc(C(C)(C)CC(C)(C)C)cc1S(=O)(=O)C(C)CC(=O)Cl. The number of hydrogen-bond donors (Lipinski definition) is 0. The summed E-state index contributed by atoms with van der Waals surface area (Å²) < 4.78 is 32.2. The van der Waals surface area contributed by atoms with E-state index in [1.54, 1.807) is 12.1 Å². The molecular weight excluding hydrogens is 396 g/mol. The van der Waals surface area contributed by atoms with E-state index in [0.717, 1.165) is 24.8 Å². The Hall–Kier alpha value is -1.07. The van der Waals surface area contributed by atoms with Crippen LogP contribution in [0.25, 0.3) is 0 Å². The Bertz CT molecular complexity index is 776. The van der Waals surface area contributed by atoms with Gasteiger partial charge in [0.05, 0.1) is 11.9 Å². The summed E-state index contributed by atoms with van der Waals surface area (Å²) in [4.78, 5) is 11.4. The highest BCUT2D eigenvalue weighted by molar-refractivity contribution is 7.92. The smallest absolute Gasteiger partial charge is 0.222 e. The maximum atomic E-state index is 13.2. The molecule has 0 aliphatic rings. The molecule has 0 saturated heterocycles. The molecule has 1 atom stereocenters. The highest BCUT2D eigenvalue weighted by Gasteiger charge is 2.32. The third-order valence-corrected chi connectivity index (χ3v) is 7.05. The Morgan fingerprint density at radius 3 is 2.29 bits per heavy atom. The lowest BCUT2D eigenvalue weighted by atomic mass is 9.72. The van der Waals surface area contributed by atoms with E-state index in [0.29, 0.717) is 12.4 Å². The first-order valence-corrected chi connectivity index (χ1v) is 11.8. The summed E-state index contributed by atoms with van der Waals surface area (Å²) in [5.74, 6) is 0.345. The van der Waals surface area contributed by atoms with Crippen LogP contribution in [0.2, 0.25) is 0 Å². The minimum Gasteiger partial charge on any atom is -0.492 e. The van der Waals surface area contributed by atoms with Gasteiger partial charge in [0.1, 0.15) is 10.6 Å². The first-order chi connectivity index (χ1) is 12.7. The van der Waals surface area contributed by atoms with Crippen LogP contribution in [0.1, 0.15) is 79.7 Å². The van der Waals surface area contributed by atoms with Gasteiger partial charge in [-0.05, 0) is 59.9 Å². The van der Waals surface area contributed by atoms with E-state index in [1.807, 2.05) is 13.0 Å². The van der Waals surface area contributed by atoms with Crippen LogP contribution in [0, 0.1) is 5.41 Å². The molecule has 0 saturated carbocycles. The molecule has 0 radical (unpaired) electrons. The summed E-state index contributed by atoms with van der Waals surface area (Å²) in [6.07, 6.45) is 2.46. The molecule has 0 aliphatic carbocycles. The van der Waals surface area contributed by atoms with Gasteiger partial charge in [0.2, 0.25) is 5.24 Å². The van der Waals surface area contributed by atoms with Gasteiger partial charge in [0, 0.05) is 6.42 Å². The number of benzene rings is 1. The topological polar surface area (TPSA) is 60.4 Å². The maximum Gasteiger partial charge on any atom is 0.222 e. The van der Waals surface area contributed by atoms with Crippen LogP contribution < -0.4 is 4.74 Å². The average Bonchev–Trinajstić information content (AvgIpc) is 2.52. The Labute approximate surface area is 175 Å². The second-order valence-corrected chi connectivity index (χ2v) is 12.2. The molecule has 1 rings (SSSR count). The zero-order valence-electron chi connectivity index (χ0n) is 18.3.